The molecule has 0 heterocycles. The summed E-state index contributed by atoms with van der Waals surface area (Å²) in [4.78, 5) is 14.2. The van der Waals surface area contributed by atoms with Gasteiger partial charge in [-0.3, -0.25) is 4.79 Å². The lowest BCUT2D eigenvalue weighted by Gasteiger charge is -2.25. The molecular weight excluding hydrogens is 332 g/mol. The third kappa shape index (κ3) is 5.05. The molecule has 0 saturated carbocycles. The van der Waals surface area contributed by atoms with Gasteiger partial charge in [0, 0.05) is 5.56 Å². The monoisotopic (exact) mass is 359 g/mol. The van der Waals surface area contributed by atoms with Gasteiger partial charge in [-0.25, -0.2) is 0 Å². The molecular formula is C24H27N2O+. The van der Waals surface area contributed by atoms with Crippen LogP contribution in [0.2, 0.25) is 0 Å². The Labute approximate surface area is 161 Å². The van der Waals surface area contributed by atoms with Crippen molar-refractivity contribution in [3.8, 4) is 0 Å². The number of quaternary nitrogens is 1. The third-order valence-electron chi connectivity index (χ3n) is 5.01. The van der Waals surface area contributed by atoms with Crippen LogP contribution in [-0.2, 0) is 11.3 Å². The lowest BCUT2D eigenvalue weighted by Crippen LogP contribution is -3.12. The highest BCUT2D eigenvalue weighted by atomic mass is 16.2. The molecule has 0 saturated heterocycles. The molecule has 0 aliphatic rings. The summed E-state index contributed by atoms with van der Waals surface area (Å²) in [6, 6.07) is 30.2. The van der Waals surface area contributed by atoms with Gasteiger partial charge in [0.15, 0.2) is 6.04 Å². The van der Waals surface area contributed by atoms with Crippen LogP contribution in [0.15, 0.2) is 91.0 Å². The molecule has 1 unspecified atom stereocenters. The Morgan fingerprint density at radius 2 is 1.26 bits per heavy atom. The van der Waals surface area contributed by atoms with E-state index in [4.69, 9.17) is 0 Å². The van der Waals surface area contributed by atoms with Gasteiger partial charge in [0.1, 0.15) is 6.54 Å². The van der Waals surface area contributed by atoms with Gasteiger partial charge in [0.25, 0.3) is 5.91 Å². The minimum Gasteiger partial charge on any atom is -0.340 e. The number of carbonyl (C=O) groups is 1. The fourth-order valence-electron chi connectivity index (χ4n) is 3.21. The van der Waals surface area contributed by atoms with Gasteiger partial charge >= 0.3 is 0 Å². The van der Waals surface area contributed by atoms with Crippen molar-refractivity contribution in [3.05, 3.63) is 108 Å². The van der Waals surface area contributed by atoms with Crippen molar-refractivity contribution in [2.24, 2.45) is 0 Å². The maximum absolute atomic E-state index is 13.0. The molecule has 0 aliphatic heterocycles. The van der Waals surface area contributed by atoms with Crippen molar-refractivity contribution in [3.63, 3.8) is 0 Å². The Bertz CT molecular complexity index is 795. The second-order valence-electron chi connectivity index (χ2n) is 6.99. The second-order valence-corrected chi connectivity index (χ2v) is 6.99. The number of nitrogens with one attached hydrogen (secondary N) is 2. The summed E-state index contributed by atoms with van der Waals surface area (Å²) in [6.07, 6.45) is 0. The average molecular weight is 359 g/mol. The normalized spacial score (nSPS) is 13.1. The van der Waals surface area contributed by atoms with E-state index in [1.165, 1.54) is 10.5 Å². The van der Waals surface area contributed by atoms with E-state index < -0.39 is 0 Å². The van der Waals surface area contributed by atoms with Crippen LogP contribution in [0.4, 0.5) is 0 Å². The van der Waals surface area contributed by atoms with Crippen molar-refractivity contribution in [2.75, 3.05) is 7.05 Å². The molecule has 0 aromatic heterocycles. The zero-order valence-electron chi connectivity index (χ0n) is 15.9. The molecule has 27 heavy (non-hydrogen) atoms. The molecule has 0 radical (unpaired) electrons. The van der Waals surface area contributed by atoms with Crippen LogP contribution in [0.25, 0.3) is 0 Å². The predicted octanol–water partition coefficient (Wildman–Crippen LogP) is 3.00. The number of hydrogen-bond acceptors (Lipinski definition) is 1. The van der Waals surface area contributed by atoms with Gasteiger partial charge in [-0.2, -0.15) is 0 Å². The number of benzene rings is 3. The maximum Gasteiger partial charge on any atom is 0.278 e. The Morgan fingerprint density at radius 1 is 0.815 bits per heavy atom. The van der Waals surface area contributed by atoms with E-state index in [9.17, 15) is 4.79 Å². The minimum absolute atomic E-state index is 0.0566. The molecule has 0 fully saturated rings. The first-order valence-corrected chi connectivity index (χ1v) is 9.41. The van der Waals surface area contributed by atoms with E-state index in [-0.39, 0.29) is 18.0 Å². The third-order valence-corrected chi connectivity index (χ3v) is 5.01. The van der Waals surface area contributed by atoms with Crippen LogP contribution in [0.1, 0.15) is 29.7 Å². The molecule has 138 valence electrons. The first-order chi connectivity index (χ1) is 13.1. The zero-order chi connectivity index (χ0) is 19.1. The molecule has 0 aliphatic carbocycles. The molecule has 0 spiro atoms. The topological polar surface area (TPSA) is 33.5 Å². The van der Waals surface area contributed by atoms with Crippen molar-refractivity contribution < 1.29 is 9.69 Å². The highest BCUT2D eigenvalue weighted by molar-refractivity contribution is 5.80. The SMILES string of the molecule is C[C@@H](C(=O)NC(c1ccccc1)c1ccccc1)[NH+](C)Cc1ccccc1. The fourth-order valence-corrected chi connectivity index (χ4v) is 3.21. The smallest absolute Gasteiger partial charge is 0.278 e. The van der Waals surface area contributed by atoms with Crippen LogP contribution in [0, 0.1) is 0 Å². The summed E-state index contributed by atoms with van der Waals surface area (Å²) in [6.45, 7) is 2.80. The lowest BCUT2D eigenvalue weighted by molar-refractivity contribution is -0.908. The largest absolute Gasteiger partial charge is 0.340 e. The van der Waals surface area contributed by atoms with E-state index >= 15 is 0 Å². The van der Waals surface area contributed by atoms with Crippen LogP contribution in [0.3, 0.4) is 0 Å². The van der Waals surface area contributed by atoms with E-state index in [0.717, 1.165) is 17.7 Å². The van der Waals surface area contributed by atoms with Gasteiger partial charge in [0.05, 0.1) is 13.1 Å². The first kappa shape index (κ1) is 18.9. The standard InChI is InChI=1S/C24H26N2O/c1-19(26(2)18-20-12-6-3-7-13-20)24(27)25-23(21-14-8-4-9-15-21)22-16-10-5-11-17-22/h3-17,19,23H,18H2,1-2H3,(H,25,27)/p+1/t19-/m0/s1. The molecule has 3 aromatic rings. The van der Waals surface area contributed by atoms with E-state index in [1.54, 1.807) is 0 Å². The summed E-state index contributed by atoms with van der Waals surface area (Å²) < 4.78 is 0. The Kier molecular flexibility index (Phi) is 6.39. The molecule has 1 amide bonds. The van der Waals surface area contributed by atoms with E-state index in [0.29, 0.717) is 0 Å². The maximum atomic E-state index is 13.0. The molecule has 2 atom stereocenters. The average Bonchev–Trinajstić information content (AvgIpc) is 2.73. The van der Waals surface area contributed by atoms with Crippen LogP contribution in [0.5, 0.6) is 0 Å². The summed E-state index contributed by atoms with van der Waals surface area (Å²) in [5.41, 5.74) is 3.41. The van der Waals surface area contributed by atoms with Gasteiger partial charge in [0.2, 0.25) is 0 Å². The van der Waals surface area contributed by atoms with Crippen LogP contribution >= 0.6 is 0 Å². The zero-order valence-corrected chi connectivity index (χ0v) is 15.9. The van der Waals surface area contributed by atoms with Crippen molar-refractivity contribution in [1.82, 2.24) is 5.32 Å². The van der Waals surface area contributed by atoms with E-state index in [1.807, 2.05) is 61.5 Å². The van der Waals surface area contributed by atoms with Gasteiger partial charge in [-0.1, -0.05) is 91.0 Å². The molecule has 0 bridgehead atoms. The molecule has 3 rings (SSSR count). The minimum atomic E-state index is -0.153. The molecule has 3 heteroatoms. The van der Waals surface area contributed by atoms with Gasteiger partial charge in [-0.15, -0.1) is 0 Å². The fraction of sp³-hybridized carbons (Fsp3) is 0.208. The number of amides is 1. The predicted molar refractivity (Wildman–Crippen MR) is 109 cm³/mol. The number of hydrogen-bond donors (Lipinski definition) is 2. The quantitative estimate of drug-likeness (QED) is 0.668. The highest BCUT2D eigenvalue weighted by Crippen LogP contribution is 2.21. The summed E-state index contributed by atoms with van der Waals surface area (Å²) >= 11 is 0. The van der Waals surface area contributed by atoms with Crippen molar-refractivity contribution in [2.45, 2.75) is 25.6 Å². The number of carbonyl (C=O) groups excluding carboxylic acids is 1. The van der Waals surface area contributed by atoms with Gasteiger partial charge < -0.3 is 10.2 Å². The van der Waals surface area contributed by atoms with Crippen LogP contribution < -0.4 is 10.2 Å². The van der Waals surface area contributed by atoms with E-state index in [2.05, 4.69) is 48.8 Å². The first-order valence-electron chi connectivity index (χ1n) is 9.41. The van der Waals surface area contributed by atoms with Crippen molar-refractivity contribution in [1.29, 1.82) is 0 Å². The Morgan fingerprint density at radius 3 is 1.74 bits per heavy atom. The lowest BCUT2D eigenvalue weighted by atomic mass is 9.98. The second kappa shape index (κ2) is 9.15. The van der Waals surface area contributed by atoms with Crippen molar-refractivity contribution >= 4 is 5.91 Å². The summed E-state index contributed by atoms with van der Waals surface area (Å²) in [5.74, 6) is 0.0566. The van der Waals surface area contributed by atoms with Gasteiger partial charge in [-0.05, 0) is 18.1 Å². The summed E-state index contributed by atoms with van der Waals surface area (Å²) in [7, 11) is 2.07. The number of likely N-dealkylation sites (N-methyl/N-ethyl adjacent to an activating group) is 1. The molecule has 2 N–H and O–H groups in total. The Balaban J connectivity index is 1.74. The highest BCUT2D eigenvalue weighted by Gasteiger charge is 2.25. The molecule has 3 aromatic carbocycles. The number of rotatable bonds is 7. The molecule has 3 nitrogen and oxygen atoms in total. The van der Waals surface area contributed by atoms with Crippen LogP contribution in [-0.4, -0.2) is 19.0 Å². The summed E-state index contributed by atoms with van der Waals surface area (Å²) in [5, 5.41) is 3.26. The Hall–Kier alpha value is -2.91.